The molecule has 1 aromatic rings. The number of hydrogen-bond donors (Lipinski definition) is 1. The molecule has 2 atom stereocenters. The first kappa shape index (κ1) is 17.4. The topological polar surface area (TPSA) is 66.6 Å². The summed E-state index contributed by atoms with van der Waals surface area (Å²) in [5, 5.41) is 0. The van der Waals surface area contributed by atoms with Crippen LogP contribution in [0.25, 0.3) is 0 Å². The van der Waals surface area contributed by atoms with Crippen LogP contribution in [-0.2, 0) is 4.79 Å². The minimum Gasteiger partial charge on any atom is -0.339 e. The summed E-state index contributed by atoms with van der Waals surface area (Å²) in [7, 11) is 0. The quantitative estimate of drug-likeness (QED) is 0.855. The molecule has 1 saturated carbocycles. The number of carbonyl (C=O) groups is 2. The zero-order valence-electron chi connectivity index (χ0n) is 13.8. The molecule has 0 spiro atoms. The van der Waals surface area contributed by atoms with E-state index in [9.17, 15) is 9.59 Å². The molecule has 24 heavy (non-hydrogen) atoms. The molecule has 2 fully saturated rings. The number of benzene rings is 1. The molecule has 0 aromatic heterocycles. The zero-order chi connectivity index (χ0) is 17.1. The summed E-state index contributed by atoms with van der Waals surface area (Å²) in [5.41, 5.74) is 6.76. The van der Waals surface area contributed by atoms with Crippen LogP contribution in [-0.4, -0.2) is 53.8 Å². The van der Waals surface area contributed by atoms with Crippen molar-refractivity contribution >= 4 is 27.7 Å². The predicted octanol–water partition coefficient (Wildman–Crippen LogP) is 2.25. The van der Waals surface area contributed by atoms with Gasteiger partial charge in [0.25, 0.3) is 5.91 Å². The van der Waals surface area contributed by atoms with E-state index < -0.39 is 0 Å². The van der Waals surface area contributed by atoms with Gasteiger partial charge >= 0.3 is 0 Å². The van der Waals surface area contributed by atoms with Crippen molar-refractivity contribution in [1.82, 2.24) is 9.80 Å². The lowest BCUT2D eigenvalue weighted by Crippen LogP contribution is -2.51. The Bertz CT molecular complexity index is 597. The maximum Gasteiger partial charge on any atom is 0.253 e. The van der Waals surface area contributed by atoms with E-state index in [4.69, 9.17) is 5.73 Å². The molecule has 1 saturated heterocycles. The SMILES string of the molecule is N[C@@H]1CCC[C@H]1CC(=O)N1CCN(C(=O)c2ccc(Br)cc2)CC1. The zero-order valence-corrected chi connectivity index (χ0v) is 15.4. The van der Waals surface area contributed by atoms with Gasteiger partial charge in [-0.3, -0.25) is 9.59 Å². The highest BCUT2D eigenvalue weighted by molar-refractivity contribution is 9.10. The molecular weight excluding hydrogens is 370 g/mol. The molecule has 1 aromatic carbocycles. The molecular formula is C18H24BrN3O2. The number of halogens is 1. The van der Waals surface area contributed by atoms with Gasteiger partial charge in [-0.2, -0.15) is 0 Å². The summed E-state index contributed by atoms with van der Waals surface area (Å²) in [6.07, 6.45) is 3.79. The Morgan fingerprint density at radius 2 is 1.67 bits per heavy atom. The van der Waals surface area contributed by atoms with Gasteiger partial charge in [-0.05, 0) is 43.0 Å². The van der Waals surface area contributed by atoms with Gasteiger partial charge in [0.15, 0.2) is 0 Å². The fraction of sp³-hybridized carbons (Fsp3) is 0.556. The second kappa shape index (κ2) is 7.66. The summed E-state index contributed by atoms with van der Waals surface area (Å²) in [4.78, 5) is 28.7. The van der Waals surface area contributed by atoms with E-state index in [2.05, 4.69) is 15.9 Å². The van der Waals surface area contributed by atoms with Crippen LogP contribution in [0.4, 0.5) is 0 Å². The average Bonchev–Trinajstić information content (AvgIpc) is 3.00. The van der Waals surface area contributed by atoms with Crippen molar-refractivity contribution in [2.24, 2.45) is 11.7 Å². The van der Waals surface area contributed by atoms with Gasteiger partial charge in [0.2, 0.25) is 5.91 Å². The van der Waals surface area contributed by atoms with Crippen LogP contribution in [0.1, 0.15) is 36.0 Å². The number of nitrogens with two attached hydrogens (primary N) is 1. The molecule has 1 aliphatic carbocycles. The number of hydrogen-bond acceptors (Lipinski definition) is 3. The molecule has 2 N–H and O–H groups in total. The van der Waals surface area contributed by atoms with Gasteiger partial charge in [-0.1, -0.05) is 22.4 Å². The fourth-order valence-electron chi connectivity index (χ4n) is 3.61. The average molecular weight is 394 g/mol. The van der Waals surface area contributed by atoms with E-state index in [1.807, 2.05) is 34.1 Å². The molecule has 130 valence electrons. The summed E-state index contributed by atoms with van der Waals surface area (Å²) < 4.78 is 0.958. The normalized spacial score (nSPS) is 24.2. The molecule has 0 unspecified atom stereocenters. The highest BCUT2D eigenvalue weighted by atomic mass is 79.9. The van der Waals surface area contributed by atoms with E-state index >= 15 is 0 Å². The first-order valence-corrected chi connectivity index (χ1v) is 9.42. The second-order valence-electron chi connectivity index (χ2n) is 6.74. The standard InChI is InChI=1S/C18H24BrN3O2/c19-15-6-4-13(5-7-15)18(24)22-10-8-21(9-11-22)17(23)12-14-2-1-3-16(14)20/h4-7,14,16H,1-3,8-12,20H2/t14-,16+/m0/s1. The molecule has 6 heteroatoms. The lowest BCUT2D eigenvalue weighted by molar-refractivity contribution is -0.133. The largest absolute Gasteiger partial charge is 0.339 e. The lowest BCUT2D eigenvalue weighted by atomic mass is 9.99. The molecule has 2 aliphatic rings. The first-order chi connectivity index (χ1) is 11.5. The lowest BCUT2D eigenvalue weighted by Gasteiger charge is -2.35. The molecule has 1 aliphatic heterocycles. The molecule has 0 bridgehead atoms. The van der Waals surface area contributed by atoms with Crippen molar-refractivity contribution < 1.29 is 9.59 Å². The van der Waals surface area contributed by atoms with Gasteiger partial charge in [-0.25, -0.2) is 0 Å². The van der Waals surface area contributed by atoms with Crippen LogP contribution < -0.4 is 5.73 Å². The minimum absolute atomic E-state index is 0.0346. The highest BCUT2D eigenvalue weighted by Crippen LogP contribution is 2.27. The van der Waals surface area contributed by atoms with Crippen molar-refractivity contribution in [2.75, 3.05) is 26.2 Å². The molecule has 5 nitrogen and oxygen atoms in total. The molecule has 2 amide bonds. The first-order valence-electron chi connectivity index (χ1n) is 8.63. The highest BCUT2D eigenvalue weighted by Gasteiger charge is 2.30. The molecule has 1 heterocycles. The minimum atomic E-state index is 0.0346. The van der Waals surface area contributed by atoms with Crippen molar-refractivity contribution in [3.63, 3.8) is 0 Å². The van der Waals surface area contributed by atoms with E-state index in [1.54, 1.807) is 0 Å². The maximum atomic E-state index is 12.5. The second-order valence-corrected chi connectivity index (χ2v) is 7.65. The van der Waals surface area contributed by atoms with Crippen LogP contribution in [0.3, 0.4) is 0 Å². The Morgan fingerprint density at radius 1 is 1.04 bits per heavy atom. The van der Waals surface area contributed by atoms with Crippen molar-refractivity contribution in [3.05, 3.63) is 34.3 Å². The Balaban J connectivity index is 1.50. The third-order valence-electron chi connectivity index (χ3n) is 5.17. The van der Waals surface area contributed by atoms with Gasteiger partial charge in [0.05, 0.1) is 0 Å². The Labute approximate surface area is 151 Å². The van der Waals surface area contributed by atoms with Crippen molar-refractivity contribution in [2.45, 2.75) is 31.7 Å². The predicted molar refractivity (Wildman–Crippen MR) is 96.6 cm³/mol. The van der Waals surface area contributed by atoms with E-state index in [0.29, 0.717) is 44.1 Å². The smallest absolute Gasteiger partial charge is 0.253 e. The van der Waals surface area contributed by atoms with Crippen molar-refractivity contribution in [3.8, 4) is 0 Å². The summed E-state index contributed by atoms with van der Waals surface area (Å²) in [6.45, 7) is 2.42. The van der Waals surface area contributed by atoms with Crippen LogP contribution in [0.2, 0.25) is 0 Å². The molecule has 0 radical (unpaired) electrons. The van der Waals surface area contributed by atoms with Crippen molar-refractivity contribution in [1.29, 1.82) is 0 Å². The maximum absolute atomic E-state index is 12.5. The van der Waals surface area contributed by atoms with Gasteiger partial charge in [-0.15, -0.1) is 0 Å². The third kappa shape index (κ3) is 3.98. The monoisotopic (exact) mass is 393 g/mol. The summed E-state index contributed by atoms with van der Waals surface area (Å²) in [6, 6.07) is 7.57. The number of piperazine rings is 1. The van der Waals surface area contributed by atoms with Crippen LogP contribution >= 0.6 is 15.9 Å². The van der Waals surface area contributed by atoms with Crippen LogP contribution in [0.15, 0.2) is 28.7 Å². The van der Waals surface area contributed by atoms with E-state index in [1.165, 1.54) is 0 Å². The number of rotatable bonds is 3. The molecule has 3 rings (SSSR count). The van der Waals surface area contributed by atoms with Gasteiger partial charge in [0.1, 0.15) is 0 Å². The van der Waals surface area contributed by atoms with Crippen LogP contribution in [0, 0.1) is 5.92 Å². The number of amides is 2. The Kier molecular flexibility index (Phi) is 5.56. The number of nitrogens with zero attached hydrogens (tertiary/aromatic N) is 2. The third-order valence-corrected chi connectivity index (χ3v) is 5.69. The van der Waals surface area contributed by atoms with Gasteiger partial charge in [0, 0.05) is 48.7 Å². The fourth-order valence-corrected chi connectivity index (χ4v) is 3.87. The summed E-state index contributed by atoms with van der Waals surface area (Å²) in [5.74, 6) is 0.556. The van der Waals surface area contributed by atoms with Gasteiger partial charge < -0.3 is 15.5 Å². The number of carbonyl (C=O) groups excluding carboxylic acids is 2. The van der Waals surface area contributed by atoms with E-state index in [0.717, 1.165) is 23.7 Å². The summed E-state index contributed by atoms with van der Waals surface area (Å²) >= 11 is 3.38. The Hall–Kier alpha value is -1.40. The Morgan fingerprint density at radius 3 is 2.25 bits per heavy atom. The van der Waals surface area contributed by atoms with Crippen LogP contribution in [0.5, 0.6) is 0 Å². The van der Waals surface area contributed by atoms with E-state index in [-0.39, 0.29) is 17.9 Å².